The smallest absolute Gasteiger partial charge is 0.254 e. The average molecular weight is 405 g/mol. The van der Waals surface area contributed by atoms with Gasteiger partial charge >= 0.3 is 0 Å². The van der Waals surface area contributed by atoms with E-state index < -0.39 is 0 Å². The summed E-state index contributed by atoms with van der Waals surface area (Å²) in [5.74, 6) is -0.191. The monoisotopic (exact) mass is 404 g/mol. The van der Waals surface area contributed by atoms with Gasteiger partial charge in [-0.15, -0.1) is 0 Å². The van der Waals surface area contributed by atoms with E-state index in [2.05, 4.69) is 15.9 Å². The van der Waals surface area contributed by atoms with Crippen molar-refractivity contribution >= 4 is 27.7 Å². The van der Waals surface area contributed by atoms with Crippen LogP contribution in [-0.2, 0) is 6.54 Å². The molecule has 0 saturated heterocycles. The lowest BCUT2D eigenvalue weighted by Gasteiger charge is -2.22. The minimum Gasteiger partial charge on any atom is -0.508 e. The molecule has 0 aliphatic carbocycles. The van der Waals surface area contributed by atoms with E-state index in [0.717, 1.165) is 4.47 Å². The molecule has 0 aliphatic rings. The van der Waals surface area contributed by atoms with Crippen molar-refractivity contribution in [3.63, 3.8) is 0 Å². The number of hydrogen-bond donors (Lipinski definition) is 1. The molecule has 0 saturated carbocycles. The van der Waals surface area contributed by atoms with E-state index in [4.69, 9.17) is 0 Å². The third-order valence-electron chi connectivity index (χ3n) is 3.83. The van der Waals surface area contributed by atoms with E-state index in [9.17, 15) is 14.7 Å². The van der Waals surface area contributed by atoms with Crippen LogP contribution >= 0.6 is 15.9 Å². The molecular weight excluding hydrogens is 384 g/mol. The molecule has 25 heavy (non-hydrogen) atoms. The Bertz CT molecular complexity index is 790. The van der Waals surface area contributed by atoms with Crippen LogP contribution in [0, 0.1) is 0 Å². The number of rotatable bonds is 5. The Morgan fingerprint density at radius 3 is 2.28 bits per heavy atom. The van der Waals surface area contributed by atoms with E-state index in [1.54, 1.807) is 61.5 Å². The highest BCUT2D eigenvalue weighted by atomic mass is 79.9. The molecule has 0 aromatic heterocycles. The molecule has 2 aromatic carbocycles. The fourth-order valence-electron chi connectivity index (χ4n) is 2.44. The summed E-state index contributed by atoms with van der Waals surface area (Å²) in [5, 5.41) is 10.0. The molecule has 0 atom stereocenters. The van der Waals surface area contributed by atoms with Gasteiger partial charge in [0.15, 0.2) is 0 Å². The number of halogens is 1. The first kappa shape index (κ1) is 19.0. The summed E-state index contributed by atoms with van der Waals surface area (Å²) in [4.78, 5) is 28.0. The Morgan fingerprint density at radius 2 is 1.68 bits per heavy atom. The van der Waals surface area contributed by atoms with Crippen molar-refractivity contribution in [3.05, 3.63) is 63.6 Å². The number of hydrogen-bond acceptors (Lipinski definition) is 3. The molecule has 2 rings (SSSR count). The summed E-state index contributed by atoms with van der Waals surface area (Å²) in [6, 6.07) is 11.8. The minimum atomic E-state index is -0.185. The molecule has 6 heteroatoms. The Labute approximate surface area is 156 Å². The third kappa shape index (κ3) is 4.60. The number of carbonyl (C=O) groups excluding carboxylic acids is 2. The molecule has 0 radical (unpaired) electrons. The second-order valence-electron chi connectivity index (χ2n) is 5.87. The Morgan fingerprint density at radius 1 is 1.04 bits per heavy atom. The van der Waals surface area contributed by atoms with Gasteiger partial charge in [-0.2, -0.15) is 0 Å². The maximum absolute atomic E-state index is 12.8. The van der Waals surface area contributed by atoms with Gasteiger partial charge in [0, 0.05) is 48.3 Å². The minimum absolute atomic E-state index is 0.144. The zero-order chi connectivity index (χ0) is 18.6. The van der Waals surface area contributed by atoms with E-state index in [1.165, 1.54) is 4.90 Å². The van der Waals surface area contributed by atoms with Crippen LogP contribution in [-0.4, -0.2) is 47.4 Å². The standard InChI is InChI=1S/C19H21BrN2O3/c1-4-22(12-15-11-16(20)8-9-17(15)23)19(25)14-7-5-6-13(10-14)18(24)21(2)3/h5-11,23H,4,12H2,1-3H3. The zero-order valence-electron chi connectivity index (χ0n) is 14.5. The summed E-state index contributed by atoms with van der Waals surface area (Å²) in [5.41, 5.74) is 1.58. The lowest BCUT2D eigenvalue weighted by molar-refractivity contribution is 0.0751. The fourth-order valence-corrected chi connectivity index (χ4v) is 2.85. The van der Waals surface area contributed by atoms with Crippen LogP contribution in [0.1, 0.15) is 33.2 Å². The average Bonchev–Trinajstić information content (AvgIpc) is 2.61. The Balaban J connectivity index is 2.26. The largest absolute Gasteiger partial charge is 0.508 e. The van der Waals surface area contributed by atoms with Crippen molar-refractivity contribution in [3.8, 4) is 5.75 Å². The Kier molecular flexibility index (Phi) is 6.20. The summed E-state index contributed by atoms with van der Waals surface area (Å²) >= 11 is 3.37. The van der Waals surface area contributed by atoms with Gasteiger partial charge in [0.05, 0.1) is 0 Å². The molecule has 0 heterocycles. The lowest BCUT2D eigenvalue weighted by atomic mass is 10.1. The van der Waals surface area contributed by atoms with Crippen molar-refractivity contribution < 1.29 is 14.7 Å². The van der Waals surface area contributed by atoms with Crippen LogP contribution in [0.5, 0.6) is 5.75 Å². The van der Waals surface area contributed by atoms with Gasteiger partial charge in [0.2, 0.25) is 0 Å². The number of phenols is 1. The van der Waals surface area contributed by atoms with Gasteiger partial charge in [-0.05, 0) is 43.3 Å². The summed E-state index contributed by atoms with van der Waals surface area (Å²) in [6.07, 6.45) is 0. The van der Waals surface area contributed by atoms with Crippen LogP contribution in [0.15, 0.2) is 46.9 Å². The van der Waals surface area contributed by atoms with Crippen molar-refractivity contribution in [1.82, 2.24) is 9.80 Å². The van der Waals surface area contributed by atoms with Crippen LogP contribution in [0.4, 0.5) is 0 Å². The summed E-state index contributed by atoms with van der Waals surface area (Å²) < 4.78 is 0.836. The van der Waals surface area contributed by atoms with Gasteiger partial charge in [-0.25, -0.2) is 0 Å². The normalized spacial score (nSPS) is 10.4. The summed E-state index contributed by atoms with van der Waals surface area (Å²) in [7, 11) is 3.34. The quantitative estimate of drug-likeness (QED) is 0.828. The van der Waals surface area contributed by atoms with Gasteiger partial charge in [0.25, 0.3) is 11.8 Å². The maximum Gasteiger partial charge on any atom is 0.254 e. The van der Waals surface area contributed by atoms with Crippen molar-refractivity contribution in [2.45, 2.75) is 13.5 Å². The SMILES string of the molecule is CCN(Cc1cc(Br)ccc1O)C(=O)c1cccc(C(=O)N(C)C)c1. The van der Waals surface area contributed by atoms with E-state index in [-0.39, 0.29) is 24.1 Å². The zero-order valence-corrected chi connectivity index (χ0v) is 16.1. The number of benzene rings is 2. The van der Waals surface area contributed by atoms with Crippen molar-refractivity contribution in [1.29, 1.82) is 0 Å². The number of carbonyl (C=O) groups is 2. The number of nitrogens with zero attached hydrogens (tertiary/aromatic N) is 2. The predicted octanol–water partition coefficient (Wildman–Crippen LogP) is 3.52. The highest BCUT2D eigenvalue weighted by Gasteiger charge is 2.18. The van der Waals surface area contributed by atoms with Gasteiger partial charge in [0.1, 0.15) is 5.75 Å². The molecule has 1 N–H and O–H groups in total. The second-order valence-corrected chi connectivity index (χ2v) is 6.79. The molecule has 0 unspecified atom stereocenters. The highest BCUT2D eigenvalue weighted by Crippen LogP contribution is 2.24. The van der Waals surface area contributed by atoms with Gasteiger partial charge in [-0.3, -0.25) is 9.59 Å². The molecule has 5 nitrogen and oxygen atoms in total. The van der Waals surface area contributed by atoms with Crippen LogP contribution < -0.4 is 0 Å². The number of aromatic hydroxyl groups is 1. The number of amides is 2. The third-order valence-corrected chi connectivity index (χ3v) is 4.33. The van der Waals surface area contributed by atoms with Crippen molar-refractivity contribution in [2.24, 2.45) is 0 Å². The first-order valence-corrected chi connectivity index (χ1v) is 8.71. The molecule has 132 valence electrons. The second kappa shape index (κ2) is 8.16. The first-order chi connectivity index (χ1) is 11.8. The van der Waals surface area contributed by atoms with Crippen molar-refractivity contribution in [2.75, 3.05) is 20.6 Å². The van der Waals surface area contributed by atoms with Crippen LogP contribution in [0.3, 0.4) is 0 Å². The van der Waals surface area contributed by atoms with E-state index in [0.29, 0.717) is 23.2 Å². The highest BCUT2D eigenvalue weighted by molar-refractivity contribution is 9.10. The summed E-state index contributed by atoms with van der Waals surface area (Å²) in [6.45, 7) is 2.64. The van der Waals surface area contributed by atoms with E-state index in [1.807, 2.05) is 6.92 Å². The molecule has 2 amide bonds. The molecule has 0 aliphatic heterocycles. The van der Waals surface area contributed by atoms with Crippen LogP contribution in [0.2, 0.25) is 0 Å². The predicted molar refractivity (Wildman–Crippen MR) is 101 cm³/mol. The van der Waals surface area contributed by atoms with Gasteiger partial charge in [-0.1, -0.05) is 22.0 Å². The van der Waals surface area contributed by atoms with Gasteiger partial charge < -0.3 is 14.9 Å². The van der Waals surface area contributed by atoms with Crippen LogP contribution in [0.25, 0.3) is 0 Å². The first-order valence-electron chi connectivity index (χ1n) is 7.91. The Hall–Kier alpha value is -2.34. The fraction of sp³-hybridized carbons (Fsp3) is 0.263. The molecule has 0 bridgehead atoms. The molecule has 0 spiro atoms. The maximum atomic E-state index is 12.8. The molecule has 2 aromatic rings. The van der Waals surface area contributed by atoms with E-state index >= 15 is 0 Å². The molecular formula is C19H21BrN2O3. The molecule has 0 fully saturated rings. The lowest BCUT2D eigenvalue weighted by Crippen LogP contribution is -2.30. The topological polar surface area (TPSA) is 60.9 Å². The number of phenolic OH excluding ortho intramolecular Hbond substituents is 1.